The van der Waals surface area contributed by atoms with Gasteiger partial charge in [0.05, 0.1) is 0 Å². The zero-order valence-corrected chi connectivity index (χ0v) is 8.65. The summed E-state index contributed by atoms with van der Waals surface area (Å²) in [7, 11) is -3.68. The first-order valence-electron chi connectivity index (χ1n) is 1.07. The van der Waals surface area contributed by atoms with Gasteiger partial charge in [-0.05, 0) is 0 Å². The van der Waals surface area contributed by atoms with Crippen molar-refractivity contribution in [3.63, 3.8) is 0 Å². The smallest absolute Gasteiger partial charge is 1.00 e. The molecule has 42 valence electrons. The van der Waals surface area contributed by atoms with Crippen LogP contribution in [0.25, 0.3) is 0 Å². The third-order valence-electron chi connectivity index (χ3n) is 0.138. The average molecular weight is 264 g/mol. The molecule has 0 aliphatic heterocycles. The van der Waals surface area contributed by atoms with Gasteiger partial charge >= 0.3 is 37.7 Å². The van der Waals surface area contributed by atoms with Crippen molar-refractivity contribution in [3.8, 4) is 0 Å². The van der Waals surface area contributed by atoms with Gasteiger partial charge in [-0.1, -0.05) is 22.6 Å². The van der Waals surface area contributed by atoms with E-state index in [-0.39, 0.29) is 44.4 Å². The summed E-state index contributed by atoms with van der Waals surface area (Å²) in [5.74, 6) is 0. The minimum absolute atomic E-state index is 0. The zero-order chi connectivity index (χ0) is 5.21. The maximum Gasteiger partial charge on any atom is 2.00 e. The molecule has 6 heteroatoms. The van der Waals surface area contributed by atoms with Gasteiger partial charge in [-0.2, -0.15) is 8.42 Å². The standard InChI is InChI=1S/CH3IO3S.Ca.2H/c2-1-6(3,4)5;;;/h1H2,(H,3,4,5);;;/q;+2;2*-1. The van der Waals surface area contributed by atoms with E-state index in [2.05, 4.69) is 0 Å². The van der Waals surface area contributed by atoms with E-state index in [4.69, 9.17) is 4.55 Å². The molecule has 1 N–H and O–H groups in total. The van der Waals surface area contributed by atoms with Crippen LogP contribution in [0.2, 0.25) is 0 Å². The van der Waals surface area contributed by atoms with Gasteiger partial charge in [-0.15, -0.1) is 0 Å². The van der Waals surface area contributed by atoms with E-state index in [0.717, 1.165) is 0 Å². The summed E-state index contributed by atoms with van der Waals surface area (Å²) < 4.78 is 26.7. The van der Waals surface area contributed by atoms with Crippen LogP contribution in [0.1, 0.15) is 2.85 Å². The fourth-order valence-electron chi connectivity index (χ4n) is 0. The molecule has 0 unspecified atom stereocenters. The molecule has 0 fully saturated rings. The normalized spacial score (nSPS) is 10.0. The number of hydrogen-bond donors (Lipinski definition) is 1. The Bertz CT molecular complexity index is 124. The monoisotopic (exact) mass is 264 g/mol. The molecule has 0 aromatic rings. The van der Waals surface area contributed by atoms with Crippen LogP contribution in [-0.2, 0) is 10.1 Å². The quantitative estimate of drug-likeness (QED) is 0.316. The van der Waals surface area contributed by atoms with Crippen molar-refractivity contribution in [2.24, 2.45) is 0 Å². The topological polar surface area (TPSA) is 54.4 Å². The van der Waals surface area contributed by atoms with Gasteiger partial charge in [-0.25, -0.2) is 0 Å². The van der Waals surface area contributed by atoms with Gasteiger partial charge in [0.1, 0.15) is 3.76 Å². The molecular weight excluding hydrogens is 259 g/mol. The molecule has 0 radical (unpaired) electrons. The molecule has 0 bridgehead atoms. The molecule has 3 nitrogen and oxygen atoms in total. The minimum Gasteiger partial charge on any atom is -1.00 e. The van der Waals surface area contributed by atoms with Gasteiger partial charge in [0.2, 0.25) is 0 Å². The molecule has 7 heavy (non-hydrogen) atoms. The fraction of sp³-hybridized carbons (Fsp3) is 1.00. The largest absolute Gasteiger partial charge is 2.00 e. The Labute approximate surface area is 88.7 Å². The van der Waals surface area contributed by atoms with E-state index in [0.29, 0.717) is 0 Å². The number of halogens is 1. The first kappa shape index (κ1) is 11.7. The van der Waals surface area contributed by atoms with Gasteiger partial charge in [0.25, 0.3) is 10.1 Å². The van der Waals surface area contributed by atoms with Crippen molar-refractivity contribution in [3.05, 3.63) is 0 Å². The SMILES string of the molecule is O=S(=O)(O)CI.[Ca+2].[H-].[H-]. The number of alkyl halides is 1. The zero-order valence-electron chi connectivity index (χ0n) is 5.46. The van der Waals surface area contributed by atoms with Crippen molar-refractivity contribution < 1.29 is 15.8 Å². The summed E-state index contributed by atoms with van der Waals surface area (Å²) in [4.78, 5) is 0. The van der Waals surface area contributed by atoms with Crippen molar-refractivity contribution >= 4 is 70.4 Å². The van der Waals surface area contributed by atoms with Crippen molar-refractivity contribution in [2.75, 3.05) is 3.76 Å². The van der Waals surface area contributed by atoms with Crippen LogP contribution in [0.5, 0.6) is 0 Å². The summed E-state index contributed by atoms with van der Waals surface area (Å²) in [5, 5.41) is 0. The summed E-state index contributed by atoms with van der Waals surface area (Å²) in [5.41, 5.74) is 0. The Hall–Kier alpha value is 1.90. The van der Waals surface area contributed by atoms with Crippen LogP contribution in [0.15, 0.2) is 0 Å². The van der Waals surface area contributed by atoms with Crippen molar-refractivity contribution in [1.82, 2.24) is 0 Å². The molecule has 0 rings (SSSR count). The third kappa shape index (κ3) is 11.5. The molecule has 0 spiro atoms. The molecule has 0 heterocycles. The molecule has 0 saturated carbocycles. The number of rotatable bonds is 1. The maximum atomic E-state index is 9.55. The molecule has 0 saturated heterocycles. The Morgan fingerprint density at radius 2 is 1.86 bits per heavy atom. The van der Waals surface area contributed by atoms with Crippen LogP contribution in [0.4, 0.5) is 0 Å². The van der Waals surface area contributed by atoms with Crippen molar-refractivity contribution in [2.45, 2.75) is 0 Å². The van der Waals surface area contributed by atoms with Gasteiger partial charge in [-0.3, -0.25) is 4.55 Å². The Balaban J connectivity index is -0.0000000417. The molecule has 0 aromatic heterocycles. The number of hydrogen-bond acceptors (Lipinski definition) is 2. The second-order valence-electron chi connectivity index (χ2n) is 0.691. The van der Waals surface area contributed by atoms with E-state index in [1.807, 2.05) is 0 Å². The molecular formula is CH5CaIO3S. The molecule has 0 atom stereocenters. The fourth-order valence-corrected chi connectivity index (χ4v) is 0. The van der Waals surface area contributed by atoms with Gasteiger partial charge in [0, 0.05) is 0 Å². The maximum absolute atomic E-state index is 9.55. The van der Waals surface area contributed by atoms with Crippen LogP contribution >= 0.6 is 22.6 Å². The van der Waals surface area contributed by atoms with Gasteiger partial charge < -0.3 is 2.85 Å². The second kappa shape index (κ2) is 4.75. The minimum atomic E-state index is -3.68. The van der Waals surface area contributed by atoms with Crippen LogP contribution in [-0.4, -0.2) is 54.5 Å². The molecule has 0 aliphatic rings. The summed E-state index contributed by atoms with van der Waals surface area (Å²) in [6.07, 6.45) is 0. The second-order valence-corrected chi connectivity index (χ2v) is 3.94. The molecule has 0 aliphatic carbocycles. The average Bonchev–Trinajstić information content (AvgIpc) is 1.35. The first-order valence-corrected chi connectivity index (χ1v) is 4.21. The van der Waals surface area contributed by atoms with E-state index in [9.17, 15) is 8.42 Å². The van der Waals surface area contributed by atoms with Crippen LogP contribution < -0.4 is 0 Å². The Kier molecular flexibility index (Phi) is 7.91. The van der Waals surface area contributed by atoms with Crippen LogP contribution in [0, 0.1) is 0 Å². The molecule has 0 aromatic carbocycles. The summed E-state index contributed by atoms with van der Waals surface area (Å²) >= 11 is 1.56. The summed E-state index contributed by atoms with van der Waals surface area (Å²) in [6.45, 7) is 0. The predicted molar refractivity (Wildman–Crippen MR) is 38.4 cm³/mol. The van der Waals surface area contributed by atoms with Gasteiger partial charge in [0.15, 0.2) is 0 Å². The third-order valence-corrected chi connectivity index (χ3v) is 2.77. The first-order chi connectivity index (χ1) is 2.56. The van der Waals surface area contributed by atoms with Crippen LogP contribution in [0.3, 0.4) is 0 Å². The predicted octanol–water partition coefficient (Wildman–Crippen LogP) is 0.111. The van der Waals surface area contributed by atoms with E-state index in [1.54, 1.807) is 22.6 Å². The molecule has 0 amide bonds. The Morgan fingerprint density at radius 1 is 1.71 bits per heavy atom. The Morgan fingerprint density at radius 3 is 1.86 bits per heavy atom. The summed E-state index contributed by atoms with van der Waals surface area (Å²) in [6, 6.07) is 0. The van der Waals surface area contributed by atoms with E-state index >= 15 is 0 Å². The van der Waals surface area contributed by atoms with Crippen molar-refractivity contribution in [1.29, 1.82) is 0 Å². The van der Waals surface area contributed by atoms with E-state index < -0.39 is 10.1 Å². The van der Waals surface area contributed by atoms with E-state index in [1.165, 1.54) is 0 Å².